The van der Waals surface area contributed by atoms with Gasteiger partial charge < -0.3 is 29.2 Å². The Labute approximate surface area is 153 Å². The molecule has 26 heavy (non-hydrogen) atoms. The molecule has 0 atom stereocenters. The molecule has 0 saturated carbocycles. The zero-order valence-corrected chi connectivity index (χ0v) is 15.7. The largest absolute Gasteiger partial charge is 0.507 e. The lowest BCUT2D eigenvalue weighted by Crippen LogP contribution is -2.07. The lowest BCUT2D eigenvalue weighted by atomic mass is 10.00. The lowest BCUT2D eigenvalue weighted by molar-refractivity contribution is 0.238. The van der Waals surface area contributed by atoms with Gasteiger partial charge in [0.15, 0.2) is 11.5 Å². The van der Waals surface area contributed by atoms with Gasteiger partial charge in [-0.2, -0.15) is 0 Å². The standard InChI is InChI=1S/C20H26O6/c1-5-23-17-15(13-11-9-10-12-14(13)21)16(22)18(24-6-2)20(26-8-4)19(17)25-7-3/h9-12,21-22H,5-8H2,1-4H3. The topological polar surface area (TPSA) is 77.4 Å². The molecule has 0 aliphatic heterocycles. The number of hydrogen-bond donors (Lipinski definition) is 2. The molecule has 0 heterocycles. The Bertz CT molecular complexity index is 742. The fraction of sp³-hybridized carbons (Fsp3) is 0.400. The molecule has 2 rings (SSSR count). The molecular weight excluding hydrogens is 336 g/mol. The Balaban J connectivity index is 2.90. The molecule has 0 bridgehead atoms. The highest BCUT2D eigenvalue weighted by atomic mass is 16.6. The summed E-state index contributed by atoms with van der Waals surface area (Å²) in [5.41, 5.74) is 0.721. The number of hydrogen-bond acceptors (Lipinski definition) is 6. The first-order chi connectivity index (χ1) is 12.6. The minimum atomic E-state index is -0.163. The number of ether oxygens (including phenoxy) is 4. The summed E-state index contributed by atoms with van der Waals surface area (Å²) in [6.45, 7) is 8.73. The van der Waals surface area contributed by atoms with E-state index in [0.29, 0.717) is 49.1 Å². The van der Waals surface area contributed by atoms with Crippen LogP contribution in [0.25, 0.3) is 11.1 Å². The molecule has 2 aromatic carbocycles. The summed E-state index contributed by atoms with van der Waals surface area (Å²) in [6, 6.07) is 6.71. The predicted molar refractivity (Wildman–Crippen MR) is 99.9 cm³/mol. The normalized spacial score (nSPS) is 10.5. The van der Waals surface area contributed by atoms with Gasteiger partial charge >= 0.3 is 0 Å². The monoisotopic (exact) mass is 362 g/mol. The van der Waals surface area contributed by atoms with Crippen molar-refractivity contribution < 1.29 is 29.2 Å². The maximum Gasteiger partial charge on any atom is 0.211 e. The summed E-state index contributed by atoms with van der Waals surface area (Å²) in [5, 5.41) is 21.3. The maximum atomic E-state index is 11.0. The van der Waals surface area contributed by atoms with Gasteiger partial charge in [0.05, 0.1) is 32.0 Å². The number of phenols is 2. The molecule has 0 fully saturated rings. The van der Waals surface area contributed by atoms with E-state index in [2.05, 4.69) is 0 Å². The van der Waals surface area contributed by atoms with E-state index in [9.17, 15) is 10.2 Å². The SMILES string of the molecule is CCOc1c(O)c(-c2ccccc2O)c(OCC)c(OCC)c1OCC. The van der Waals surface area contributed by atoms with E-state index in [1.54, 1.807) is 24.3 Å². The molecular formula is C20H26O6. The molecule has 6 heteroatoms. The van der Waals surface area contributed by atoms with Crippen molar-refractivity contribution in [2.24, 2.45) is 0 Å². The van der Waals surface area contributed by atoms with Crippen LogP contribution in [-0.4, -0.2) is 36.6 Å². The molecule has 2 N–H and O–H groups in total. The highest BCUT2D eigenvalue weighted by Crippen LogP contribution is 2.58. The van der Waals surface area contributed by atoms with Gasteiger partial charge in [-0.3, -0.25) is 0 Å². The van der Waals surface area contributed by atoms with Crippen molar-refractivity contribution in [3.05, 3.63) is 24.3 Å². The van der Waals surface area contributed by atoms with Crippen LogP contribution >= 0.6 is 0 Å². The van der Waals surface area contributed by atoms with E-state index in [4.69, 9.17) is 18.9 Å². The Hall–Kier alpha value is -2.76. The molecule has 0 aromatic heterocycles. The Morgan fingerprint density at radius 1 is 0.654 bits per heavy atom. The van der Waals surface area contributed by atoms with Gasteiger partial charge in [0, 0.05) is 5.56 Å². The van der Waals surface area contributed by atoms with Crippen molar-refractivity contribution in [1.82, 2.24) is 0 Å². The van der Waals surface area contributed by atoms with E-state index in [0.717, 1.165) is 0 Å². The molecule has 0 aliphatic rings. The van der Waals surface area contributed by atoms with Gasteiger partial charge in [-0.1, -0.05) is 18.2 Å². The lowest BCUT2D eigenvalue weighted by Gasteiger charge is -2.23. The zero-order valence-electron chi connectivity index (χ0n) is 15.7. The van der Waals surface area contributed by atoms with Gasteiger partial charge in [0.1, 0.15) is 5.75 Å². The van der Waals surface area contributed by atoms with Crippen molar-refractivity contribution in [2.45, 2.75) is 27.7 Å². The average molecular weight is 362 g/mol. The number of benzene rings is 2. The van der Waals surface area contributed by atoms with Crippen LogP contribution in [0.15, 0.2) is 24.3 Å². The smallest absolute Gasteiger partial charge is 0.211 e. The van der Waals surface area contributed by atoms with Crippen LogP contribution in [-0.2, 0) is 0 Å². The van der Waals surface area contributed by atoms with Crippen LogP contribution < -0.4 is 18.9 Å². The second-order valence-corrected chi connectivity index (χ2v) is 5.29. The fourth-order valence-corrected chi connectivity index (χ4v) is 2.69. The Morgan fingerprint density at radius 2 is 1.12 bits per heavy atom. The average Bonchev–Trinajstić information content (AvgIpc) is 2.63. The maximum absolute atomic E-state index is 11.0. The van der Waals surface area contributed by atoms with E-state index in [-0.39, 0.29) is 23.0 Å². The van der Waals surface area contributed by atoms with E-state index in [1.807, 2.05) is 27.7 Å². The molecule has 0 aliphatic carbocycles. The van der Waals surface area contributed by atoms with Crippen LogP contribution in [0.4, 0.5) is 0 Å². The second kappa shape index (κ2) is 9.08. The van der Waals surface area contributed by atoms with Crippen LogP contribution in [0.1, 0.15) is 27.7 Å². The number of aromatic hydroxyl groups is 2. The fourth-order valence-electron chi connectivity index (χ4n) is 2.69. The van der Waals surface area contributed by atoms with E-state index < -0.39 is 0 Å². The first-order valence-electron chi connectivity index (χ1n) is 8.82. The van der Waals surface area contributed by atoms with Crippen molar-refractivity contribution in [3.63, 3.8) is 0 Å². The summed E-state index contributed by atoms with van der Waals surface area (Å²) in [6.07, 6.45) is 0. The van der Waals surface area contributed by atoms with Gasteiger partial charge in [-0.25, -0.2) is 0 Å². The van der Waals surface area contributed by atoms with E-state index >= 15 is 0 Å². The molecule has 0 spiro atoms. The first kappa shape index (κ1) is 19.6. The van der Waals surface area contributed by atoms with Gasteiger partial charge in [-0.05, 0) is 33.8 Å². The van der Waals surface area contributed by atoms with Crippen molar-refractivity contribution >= 4 is 0 Å². The second-order valence-electron chi connectivity index (χ2n) is 5.29. The van der Waals surface area contributed by atoms with Crippen molar-refractivity contribution in [1.29, 1.82) is 0 Å². The number of para-hydroxylation sites is 1. The molecule has 142 valence electrons. The van der Waals surface area contributed by atoms with Gasteiger partial charge in [0.2, 0.25) is 17.2 Å². The Kier molecular flexibility index (Phi) is 6.83. The summed E-state index contributed by atoms with van der Waals surface area (Å²) in [5.74, 6) is 0.952. The van der Waals surface area contributed by atoms with Crippen LogP contribution in [0.3, 0.4) is 0 Å². The zero-order chi connectivity index (χ0) is 19.1. The highest BCUT2D eigenvalue weighted by molar-refractivity contribution is 5.88. The molecule has 0 unspecified atom stereocenters. The van der Waals surface area contributed by atoms with E-state index in [1.165, 1.54) is 0 Å². The summed E-state index contributed by atoms with van der Waals surface area (Å²) >= 11 is 0. The van der Waals surface area contributed by atoms with Gasteiger partial charge in [0.25, 0.3) is 0 Å². The van der Waals surface area contributed by atoms with Crippen LogP contribution in [0.5, 0.6) is 34.5 Å². The third-order valence-electron chi connectivity index (χ3n) is 3.63. The van der Waals surface area contributed by atoms with Crippen molar-refractivity contribution in [3.8, 4) is 45.6 Å². The quantitative estimate of drug-likeness (QED) is 0.690. The third kappa shape index (κ3) is 3.74. The highest BCUT2D eigenvalue weighted by Gasteiger charge is 2.30. The minimum absolute atomic E-state index is 0.0119. The molecule has 0 saturated heterocycles. The molecule has 6 nitrogen and oxygen atoms in total. The minimum Gasteiger partial charge on any atom is -0.507 e. The number of phenolic OH excluding ortho intramolecular Hbond substituents is 2. The van der Waals surface area contributed by atoms with Crippen LogP contribution in [0.2, 0.25) is 0 Å². The Morgan fingerprint density at radius 3 is 1.65 bits per heavy atom. The molecule has 0 amide bonds. The summed E-state index contributed by atoms with van der Waals surface area (Å²) in [7, 11) is 0. The molecule has 2 aromatic rings. The summed E-state index contributed by atoms with van der Waals surface area (Å²) in [4.78, 5) is 0. The first-order valence-corrected chi connectivity index (χ1v) is 8.82. The molecule has 0 radical (unpaired) electrons. The van der Waals surface area contributed by atoms with Crippen molar-refractivity contribution in [2.75, 3.05) is 26.4 Å². The van der Waals surface area contributed by atoms with Crippen LogP contribution in [0, 0.1) is 0 Å². The summed E-state index contributed by atoms with van der Waals surface area (Å²) < 4.78 is 23.0. The third-order valence-corrected chi connectivity index (χ3v) is 3.63. The number of rotatable bonds is 9. The predicted octanol–water partition coefficient (Wildman–Crippen LogP) is 4.36. The van der Waals surface area contributed by atoms with Gasteiger partial charge in [-0.15, -0.1) is 0 Å².